The van der Waals surface area contributed by atoms with Crippen molar-refractivity contribution in [3.63, 3.8) is 0 Å². The highest BCUT2D eigenvalue weighted by atomic mass is 16.5. The number of amides is 1. The van der Waals surface area contributed by atoms with E-state index in [2.05, 4.69) is 19.2 Å². The van der Waals surface area contributed by atoms with Gasteiger partial charge in [0, 0.05) is 19.1 Å². The number of likely N-dealkylation sites (tertiary alicyclic amines) is 1. The van der Waals surface area contributed by atoms with Gasteiger partial charge in [0.2, 0.25) is 5.91 Å². The molecule has 17 heavy (non-hydrogen) atoms. The van der Waals surface area contributed by atoms with Gasteiger partial charge < -0.3 is 15.0 Å². The van der Waals surface area contributed by atoms with Crippen LogP contribution in [0, 0.1) is 17.8 Å². The number of hydrogen-bond donors (Lipinski definition) is 1. The third kappa shape index (κ3) is 2.63. The Balaban J connectivity index is 1.95. The van der Waals surface area contributed by atoms with Gasteiger partial charge in [-0.05, 0) is 25.3 Å². The predicted molar refractivity (Wildman–Crippen MR) is 66.7 cm³/mol. The summed E-state index contributed by atoms with van der Waals surface area (Å²) in [6.07, 6.45) is 1.13. The van der Waals surface area contributed by atoms with Gasteiger partial charge in [0.25, 0.3) is 0 Å². The molecule has 2 fully saturated rings. The van der Waals surface area contributed by atoms with E-state index in [0.717, 1.165) is 25.4 Å². The molecule has 2 saturated heterocycles. The number of carbonyl (C=O) groups is 1. The first-order valence-electron chi connectivity index (χ1n) is 6.67. The summed E-state index contributed by atoms with van der Waals surface area (Å²) in [5.41, 5.74) is 0. The van der Waals surface area contributed by atoms with Crippen molar-refractivity contribution < 1.29 is 9.53 Å². The van der Waals surface area contributed by atoms with Gasteiger partial charge in [-0.1, -0.05) is 13.8 Å². The second-order valence-corrected chi connectivity index (χ2v) is 5.57. The summed E-state index contributed by atoms with van der Waals surface area (Å²) in [6, 6.07) is 0.192. The number of rotatable bonds is 2. The van der Waals surface area contributed by atoms with Gasteiger partial charge in [0.15, 0.2) is 0 Å². The van der Waals surface area contributed by atoms with E-state index in [1.54, 1.807) is 0 Å². The molecule has 2 aliphatic heterocycles. The number of nitrogens with one attached hydrogen (secondary N) is 1. The highest BCUT2D eigenvalue weighted by Gasteiger charge is 2.37. The summed E-state index contributed by atoms with van der Waals surface area (Å²) < 4.78 is 5.41. The third-order valence-electron chi connectivity index (χ3n) is 4.41. The maximum Gasteiger partial charge on any atom is 0.229 e. The lowest BCUT2D eigenvalue weighted by Crippen LogP contribution is -2.49. The number of carbonyl (C=O) groups excluding carboxylic acids is 1. The maximum absolute atomic E-state index is 12.4. The lowest BCUT2D eigenvalue weighted by Gasteiger charge is -2.37. The van der Waals surface area contributed by atoms with Gasteiger partial charge in [0.05, 0.1) is 19.1 Å². The van der Waals surface area contributed by atoms with Crippen molar-refractivity contribution in [3.05, 3.63) is 0 Å². The van der Waals surface area contributed by atoms with Crippen LogP contribution in [-0.2, 0) is 9.53 Å². The van der Waals surface area contributed by atoms with Gasteiger partial charge in [-0.3, -0.25) is 4.79 Å². The fourth-order valence-corrected chi connectivity index (χ4v) is 2.78. The topological polar surface area (TPSA) is 41.6 Å². The van der Waals surface area contributed by atoms with E-state index in [4.69, 9.17) is 4.74 Å². The Kier molecular flexibility index (Phi) is 4.05. The summed E-state index contributed by atoms with van der Waals surface area (Å²) in [6.45, 7) is 7.58. The molecule has 0 aliphatic carbocycles. The number of ether oxygens (including phenoxy) is 1. The zero-order chi connectivity index (χ0) is 12.4. The first-order valence-corrected chi connectivity index (χ1v) is 6.67. The molecule has 2 rings (SSSR count). The van der Waals surface area contributed by atoms with E-state index >= 15 is 0 Å². The van der Waals surface area contributed by atoms with Crippen LogP contribution in [0.5, 0.6) is 0 Å². The Morgan fingerprint density at radius 1 is 1.29 bits per heavy atom. The number of nitrogens with zero attached hydrogens (tertiary/aromatic N) is 1. The van der Waals surface area contributed by atoms with Crippen LogP contribution in [0.2, 0.25) is 0 Å². The maximum atomic E-state index is 12.4. The van der Waals surface area contributed by atoms with Gasteiger partial charge in [-0.15, -0.1) is 0 Å². The first kappa shape index (κ1) is 12.8. The normalized spacial score (nSPS) is 38.4. The van der Waals surface area contributed by atoms with Crippen LogP contribution in [0.15, 0.2) is 0 Å². The Hall–Kier alpha value is -0.610. The van der Waals surface area contributed by atoms with E-state index in [-0.39, 0.29) is 17.9 Å². The van der Waals surface area contributed by atoms with Gasteiger partial charge in [0.1, 0.15) is 0 Å². The molecule has 2 heterocycles. The summed E-state index contributed by atoms with van der Waals surface area (Å²) in [4.78, 5) is 14.5. The zero-order valence-corrected chi connectivity index (χ0v) is 11.1. The number of piperidine rings is 1. The number of hydrogen-bond acceptors (Lipinski definition) is 3. The van der Waals surface area contributed by atoms with Crippen molar-refractivity contribution in [2.75, 3.05) is 33.4 Å². The molecule has 1 amide bonds. The zero-order valence-electron chi connectivity index (χ0n) is 11.1. The van der Waals surface area contributed by atoms with Gasteiger partial charge in [-0.25, -0.2) is 0 Å². The fraction of sp³-hybridized carbons (Fsp3) is 0.923. The SMILES string of the molecule is CNC1COCC1C(=O)N1CCC(C)C(C)C1. The van der Waals surface area contributed by atoms with Gasteiger partial charge in [-0.2, -0.15) is 0 Å². The Morgan fingerprint density at radius 3 is 2.71 bits per heavy atom. The van der Waals surface area contributed by atoms with Crippen LogP contribution < -0.4 is 5.32 Å². The fourth-order valence-electron chi connectivity index (χ4n) is 2.78. The molecule has 0 aromatic heterocycles. The van der Waals surface area contributed by atoms with Crippen LogP contribution in [0.25, 0.3) is 0 Å². The van der Waals surface area contributed by atoms with Crippen molar-refractivity contribution in [1.82, 2.24) is 10.2 Å². The molecule has 4 atom stereocenters. The van der Waals surface area contributed by atoms with E-state index in [1.807, 2.05) is 11.9 Å². The molecule has 0 saturated carbocycles. The second kappa shape index (κ2) is 5.36. The molecular weight excluding hydrogens is 216 g/mol. The molecule has 4 heteroatoms. The molecule has 1 N–H and O–H groups in total. The second-order valence-electron chi connectivity index (χ2n) is 5.57. The average Bonchev–Trinajstić information content (AvgIpc) is 2.80. The Labute approximate surface area is 104 Å². The molecule has 98 valence electrons. The Morgan fingerprint density at radius 2 is 2.06 bits per heavy atom. The minimum Gasteiger partial charge on any atom is -0.379 e. The summed E-state index contributed by atoms with van der Waals surface area (Å²) >= 11 is 0. The molecule has 4 unspecified atom stereocenters. The van der Waals surface area contributed by atoms with E-state index in [1.165, 1.54) is 0 Å². The quantitative estimate of drug-likeness (QED) is 0.773. The van der Waals surface area contributed by atoms with Crippen molar-refractivity contribution in [3.8, 4) is 0 Å². The predicted octanol–water partition coefficient (Wildman–Crippen LogP) is 0.725. The highest BCUT2D eigenvalue weighted by molar-refractivity contribution is 5.80. The summed E-state index contributed by atoms with van der Waals surface area (Å²) in [5.74, 6) is 1.64. The minimum absolute atomic E-state index is 0.0145. The minimum atomic E-state index is 0.0145. The standard InChI is InChI=1S/C13H24N2O2/c1-9-4-5-15(6-10(9)2)13(16)11-7-17-8-12(11)14-3/h9-12,14H,4-8H2,1-3H3. The van der Waals surface area contributed by atoms with E-state index in [0.29, 0.717) is 19.1 Å². The first-order chi connectivity index (χ1) is 8.13. The largest absolute Gasteiger partial charge is 0.379 e. The lowest BCUT2D eigenvalue weighted by atomic mass is 9.88. The van der Waals surface area contributed by atoms with Crippen LogP contribution >= 0.6 is 0 Å². The molecule has 0 radical (unpaired) electrons. The third-order valence-corrected chi connectivity index (χ3v) is 4.41. The molecule has 4 nitrogen and oxygen atoms in total. The average molecular weight is 240 g/mol. The van der Waals surface area contributed by atoms with Crippen molar-refractivity contribution in [1.29, 1.82) is 0 Å². The lowest BCUT2D eigenvalue weighted by molar-refractivity contribution is -0.138. The van der Waals surface area contributed by atoms with Crippen molar-refractivity contribution in [2.24, 2.45) is 17.8 Å². The molecule has 0 aromatic rings. The molecular formula is C13H24N2O2. The van der Waals surface area contributed by atoms with Gasteiger partial charge >= 0.3 is 0 Å². The van der Waals surface area contributed by atoms with Crippen LogP contribution in [0.1, 0.15) is 20.3 Å². The summed E-state index contributed by atoms with van der Waals surface area (Å²) in [7, 11) is 1.90. The van der Waals surface area contributed by atoms with Crippen LogP contribution in [0.4, 0.5) is 0 Å². The van der Waals surface area contributed by atoms with E-state index < -0.39 is 0 Å². The smallest absolute Gasteiger partial charge is 0.229 e. The highest BCUT2D eigenvalue weighted by Crippen LogP contribution is 2.25. The summed E-state index contributed by atoms with van der Waals surface area (Å²) in [5, 5.41) is 3.18. The van der Waals surface area contributed by atoms with Crippen molar-refractivity contribution >= 4 is 5.91 Å². The monoisotopic (exact) mass is 240 g/mol. The molecule has 0 bridgehead atoms. The van der Waals surface area contributed by atoms with Crippen LogP contribution in [0.3, 0.4) is 0 Å². The number of likely N-dealkylation sites (N-methyl/N-ethyl adjacent to an activating group) is 1. The van der Waals surface area contributed by atoms with E-state index in [9.17, 15) is 4.79 Å². The molecule has 0 spiro atoms. The van der Waals surface area contributed by atoms with Crippen molar-refractivity contribution in [2.45, 2.75) is 26.3 Å². The molecule has 2 aliphatic rings. The van der Waals surface area contributed by atoms with Crippen LogP contribution in [-0.4, -0.2) is 50.2 Å². The Bertz CT molecular complexity index is 283. The molecule has 0 aromatic carbocycles.